The number of hydrogen-bond acceptors (Lipinski definition) is 5. The molecule has 1 aliphatic rings. The Bertz CT molecular complexity index is 944. The first-order valence-electron chi connectivity index (χ1n) is 8.35. The molecule has 130 valence electrons. The number of nitrogens with one attached hydrogen (secondary N) is 1. The van der Waals surface area contributed by atoms with Crippen LogP contribution in [0.1, 0.15) is 11.1 Å². The van der Waals surface area contributed by atoms with Crippen molar-refractivity contribution in [3.8, 4) is 5.88 Å². The van der Waals surface area contributed by atoms with Crippen molar-refractivity contribution in [2.75, 3.05) is 17.3 Å². The van der Waals surface area contributed by atoms with Gasteiger partial charge in [0, 0.05) is 30.7 Å². The molecule has 1 N–H and O–H groups in total. The first kappa shape index (κ1) is 16.1. The average molecular weight is 346 g/mol. The SMILES string of the molecule is CN1C(=O)Cc2cc(Nc3nccc(OCc4ccccc4)n3)ccc21. The average Bonchev–Trinajstić information content (AvgIpc) is 2.95. The van der Waals surface area contributed by atoms with Crippen LogP contribution in [0.15, 0.2) is 60.8 Å². The number of aromatic nitrogens is 2. The van der Waals surface area contributed by atoms with Crippen LogP contribution in [0.2, 0.25) is 0 Å². The van der Waals surface area contributed by atoms with Gasteiger partial charge in [-0.2, -0.15) is 4.98 Å². The lowest BCUT2D eigenvalue weighted by atomic mass is 10.1. The molecule has 1 aliphatic heterocycles. The summed E-state index contributed by atoms with van der Waals surface area (Å²) in [4.78, 5) is 22.1. The first-order chi connectivity index (χ1) is 12.7. The molecule has 0 fully saturated rings. The molecule has 0 atom stereocenters. The second kappa shape index (κ2) is 6.84. The van der Waals surface area contributed by atoms with Gasteiger partial charge < -0.3 is 15.0 Å². The van der Waals surface area contributed by atoms with E-state index in [-0.39, 0.29) is 5.91 Å². The summed E-state index contributed by atoms with van der Waals surface area (Å²) in [5.74, 6) is 1.06. The third kappa shape index (κ3) is 3.35. The fourth-order valence-corrected chi connectivity index (χ4v) is 2.89. The Morgan fingerprint density at radius 1 is 1.15 bits per heavy atom. The van der Waals surface area contributed by atoms with E-state index in [0.717, 1.165) is 22.5 Å². The monoisotopic (exact) mass is 346 g/mol. The number of carbonyl (C=O) groups excluding carboxylic acids is 1. The van der Waals surface area contributed by atoms with Crippen molar-refractivity contribution in [2.45, 2.75) is 13.0 Å². The first-order valence-corrected chi connectivity index (χ1v) is 8.35. The normalized spacial score (nSPS) is 12.8. The zero-order valence-corrected chi connectivity index (χ0v) is 14.3. The summed E-state index contributed by atoms with van der Waals surface area (Å²) < 4.78 is 5.73. The Kier molecular flexibility index (Phi) is 4.23. The van der Waals surface area contributed by atoms with E-state index in [1.165, 1.54) is 0 Å². The second-order valence-corrected chi connectivity index (χ2v) is 6.09. The number of ether oxygens (including phenoxy) is 1. The van der Waals surface area contributed by atoms with Crippen LogP contribution in [0.5, 0.6) is 5.88 Å². The minimum atomic E-state index is 0.102. The fourth-order valence-electron chi connectivity index (χ4n) is 2.89. The van der Waals surface area contributed by atoms with Crippen molar-refractivity contribution in [1.82, 2.24) is 9.97 Å². The topological polar surface area (TPSA) is 67.4 Å². The van der Waals surface area contributed by atoms with Crippen LogP contribution in [-0.4, -0.2) is 22.9 Å². The number of nitrogens with zero attached hydrogens (tertiary/aromatic N) is 3. The number of fused-ring (bicyclic) bond motifs is 1. The number of amides is 1. The maximum Gasteiger partial charge on any atom is 0.231 e. The molecule has 0 bridgehead atoms. The highest BCUT2D eigenvalue weighted by atomic mass is 16.5. The van der Waals surface area contributed by atoms with Crippen LogP contribution in [-0.2, 0) is 17.8 Å². The molecular weight excluding hydrogens is 328 g/mol. The summed E-state index contributed by atoms with van der Waals surface area (Å²) in [6.45, 7) is 0.449. The number of likely N-dealkylation sites (N-methyl/N-ethyl adjacent to an activating group) is 1. The third-order valence-corrected chi connectivity index (χ3v) is 4.27. The minimum absolute atomic E-state index is 0.102. The summed E-state index contributed by atoms with van der Waals surface area (Å²) in [5.41, 5.74) is 3.86. The molecule has 2 heterocycles. The molecule has 3 aromatic rings. The fraction of sp³-hybridized carbons (Fsp3) is 0.150. The number of anilines is 3. The Balaban J connectivity index is 1.46. The van der Waals surface area contributed by atoms with Gasteiger partial charge in [0.05, 0.1) is 6.42 Å². The van der Waals surface area contributed by atoms with Crippen molar-refractivity contribution < 1.29 is 9.53 Å². The molecule has 4 rings (SSSR count). The Morgan fingerprint density at radius 3 is 2.85 bits per heavy atom. The van der Waals surface area contributed by atoms with Gasteiger partial charge in [0.2, 0.25) is 17.7 Å². The smallest absolute Gasteiger partial charge is 0.231 e. The highest BCUT2D eigenvalue weighted by molar-refractivity contribution is 6.01. The molecule has 6 nitrogen and oxygen atoms in total. The summed E-state index contributed by atoms with van der Waals surface area (Å²) in [6.07, 6.45) is 2.07. The summed E-state index contributed by atoms with van der Waals surface area (Å²) >= 11 is 0. The highest BCUT2D eigenvalue weighted by Crippen LogP contribution is 2.30. The van der Waals surface area contributed by atoms with Gasteiger partial charge in [0.1, 0.15) is 6.61 Å². The van der Waals surface area contributed by atoms with Crippen molar-refractivity contribution in [3.05, 3.63) is 71.9 Å². The highest BCUT2D eigenvalue weighted by Gasteiger charge is 2.23. The second-order valence-electron chi connectivity index (χ2n) is 6.09. The van der Waals surface area contributed by atoms with E-state index < -0.39 is 0 Å². The standard InChI is InChI=1S/C20H18N4O2/c1-24-17-8-7-16(11-15(17)12-19(24)25)22-20-21-10-9-18(23-20)26-13-14-5-3-2-4-6-14/h2-11H,12-13H2,1H3,(H,21,22,23). The molecule has 1 aromatic heterocycles. The van der Waals surface area contributed by atoms with Gasteiger partial charge in [-0.3, -0.25) is 4.79 Å². The van der Waals surface area contributed by atoms with Crippen LogP contribution in [0.3, 0.4) is 0 Å². The van der Waals surface area contributed by atoms with Gasteiger partial charge in [-0.15, -0.1) is 0 Å². The van der Waals surface area contributed by atoms with Crippen molar-refractivity contribution in [3.63, 3.8) is 0 Å². The maximum atomic E-state index is 11.8. The Labute approximate surface area is 151 Å². The molecule has 0 aliphatic carbocycles. The lowest BCUT2D eigenvalue weighted by Gasteiger charge is -2.11. The number of rotatable bonds is 5. The van der Waals surface area contributed by atoms with E-state index in [0.29, 0.717) is 24.9 Å². The van der Waals surface area contributed by atoms with E-state index in [1.54, 1.807) is 24.2 Å². The molecule has 0 radical (unpaired) electrons. The predicted octanol–water partition coefficient (Wildman–Crippen LogP) is 3.32. The quantitative estimate of drug-likeness (QED) is 0.768. The molecule has 26 heavy (non-hydrogen) atoms. The van der Waals surface area contributed by atoms with E-state index >= 15 is 0 Å². The van der Waals surface area contributed by atoms with E-state index in [1.807, 2.05) is 48.5 Å². The summed E-state index contributed by atoms with van der Waals surface area (Å²) in [7, 11) is 1.79. The van der Waals surface area contributed by atoms with Gasteiger partial charge in [0.25, 0.3) is 0 Å². The van der Waals surface area contributed by atoms with Gasteiger partial charge >= 0.3 is 0 Å². The predicted molar refractivity (Wildman–Crippen MR) is 99.6 cm³/mol. The van der Waals surface area contributed by atoms with Crippen LogP contribution in [0, 0.1) is 0 Å². The molecule has 0 spiro atoms. The van der Waals surface area contributed by atoms with E-state index in [9.17, 15) is 4.79 Å². The molecule has 6 heteroatoms. The largest absolute Gasteiger partial charge is 0.473 e. The molecular formula is C20H18N4O2. The van der Waals surface area contributed by atoms with Crippen LogP contribution in [0.4, 0.5) is 17.3 Å². The van der Waals surface area contributed by atoms with Crippen LogP contribution >= 0.6 is 0 Å². The number of carbonyl (C=O) groups is 1. The van der Waals surface area contributed by atoms with Crippen LogP contribution in [0.25, 0.3) is 0 Å². The number of benzene rings is 2. The number of hydrogen-bond donors (Lipinski definition) is 1. The zero-order chi connectivity index (χ0) is 17.9. The van der Waals surface area contributed by atoms with E-state index in [2.05, 4.69) is 15.3 Å². The molecule has 0 saturated heterocycles. The van der Waals surface area contributed by atoms with Crippen molar-refractivity contribution in [2.24, 2.45) is 0 Å². The summed E-state index contributed by atoms with van der Waals surface area (Å²) in [6, 6.07) is 17.4. The Hall–Kier alpha value is -3.41. The molecule has 2 aromatic carbocycles. The van der Waals surface area contributed by atoms with Crippen LogP contribution < -0.4 is 15.0 Å². The maximum absolute atomic E-state index is 11.8. The lowest BCUT2D eigenvalue weighted by Crippen LogP contribution is -2.20. The van der Waals surface area contributed by atoms with Crippen molar-refractivity contribution in [1.29, 1.82) is 0 Å². The minimum Gasteiger partial charge on any atom is -0.473 e. The third-order valence-electron chi connectivity index (χ3n) is 4.27. The van der Waals surface area contributed by atoms with Crippen molar-refractivity contribution >= 4 is 23.2 Å². The van der Waals surface area contributed by atoms with Gasteiger partial charge in [0.15, 0.2) is 0 Å². The lowest BCUT2D eigenvalue weighted by molar-refractivity contribution is -0.117. The Morgan fingerprint density at radius 2 is 2.00 bits per heavy atom. The van der Waals surface area contributed by atoms with Gasteiger partial charge in [-0.25, -0.2) is 4.98 Å². The summed E-state index contributed by atoms with van der Waals surface area (Å²) in [5, 5.41) is 3.17. The van der Waals surface area contributed by atoms with E-state index in [4.69, 9.17) is 4.74 Å². The molecule has 0 saturated carbocycles. The molecule has 0 unspecified atom stereocenters. The molecule has 1 amide bonds. The van der Waals surface area contributed by atoms with Gasteiger partial charge in [-0.1, -0.05) is 30.3 Å². The zero-order valence-electron chi connectivity index (χ0n) is 14.3. The van der Waals surface area contributed by atoms with Gasteiger partial charge in [-0.05, 0) is 29.3 Å².